The van der Waals surface area contributed by atoms with Crippen molar-refractivity contribution in [2.24, 2.45) is 5.73 Å². The highest BCUT2D eigenvalue weighted by Gasteiger charge is 2.25. The summed E-state index contributed by atoms with van der Waals surface area (Å²) in [5.74, 6) is 0. The third-order valence-electron chi connectivity index (χ3n) is 2.47. The molecule has 3 N–H and O–H groups in total. The van der Waals surface area contributed by atoms with Gasteiger partial charge in [0.1, 0.15) is 0 Å². The molecule has 1 saturated carbocycles. The fourth-order valence-corrected chi connectivity index (χ4v) is 2.77. The van der Waals surface area contributed by atoms with Gasteiger partial charge in [-0.2, -0.15) is 0 Å². The lowest BCUT2D eigenvalue weighted by atomic mass is 9.87. The second-order valence-corrected chi connectivity index (χ2v) is 5.47. The Morgan fingerprint density at radius 1 is 1.29 bits per heavy atom. The van der Waals surface area contributed by atoms with Crippen LogP contribution >= 0.6 is 31.9 Å². The molecule has 0 heterocycles. The van der Waals surface area contributed by atoms with Crippen molar-refractivity contribution in [1.82, 2.24) is 0 Å². The number of nitrogens with one attached hydrogen (secondary N) is 1. The van der Waals surface area contributed by atoms with Gasteiger partial charge < -0.3 is 11.1 Å². The van der Waals surface area contributed by atoms with E-state index in [2.05, 4.69) is 43.2 Å². The lowest BCUT2D eigenvalue weighted by Gasteiger charge is -2.34. The predicted molar refractivity (Wildman–Crippen MR) is 66.5 cm³/mol. The molecule has 0 atom stereocenters. The summed E-state index contributed by atoms with van der Waals surface area (Å²) in [4.78, 5) is 0. The summed E-state index contributed by atoms with van der Waals surface area (Å²) in [6.45, 7) is 0. The predicted octanol–water partition coefficient (Wildman–Crippen LogP) is 3.11. The number of hydrogen-bond donors (Lipinski definition) is 2. The first-order chi connectivity index (χ1) is 6.65. The van der Waals surface area contributed by atoms with Crippen molar-refractivity contribution >= 4 is 37.5 Å². The van der Waals surface area contributed by atoms with E-state index >= 15 is 0 Å². The quantitative estimate of drug-likeness (QED) is 0.879. The zero-order valence-corrected chi connectivity index (χ0v) is 10.8. The van der Waals surface area contributed by atoms with Gasteiger partial charge in [0, 0.05) is 26.7 Å². The van der Waals surface area contributed by atoms with Crippen LogP contribution in [-0.2, 0) is 0 Å². The molecule has 0 unspecified atom stereocenters. The molecule has 2 nitrogen and oxygen atoms in total. The molecule has 1 aromatic carbocycles. The van der Waals surface area contributed by atoms with Gasteiger partial charge in [0.05, 0.1) is 0 Å². The average molecular weight is 320 g/mol. The highest BCUT2D eigenvalue weighted by atomic mass is 79.9. The minimum absolute atomic E-state index is 0.390. The van der Waals surface area contributed by atoms with Crippen LogP contribution in [0.1, 0.15) is 12.8 Å². The molecule has 0 aliphatic heterocycles. The Bertz CT molecular complexity index is 335. The number of hydrogen-bond acceptors (Lipinski definition) is 2. The topological polar surface area (TPSA) is 38.0 Å². The van der Waals surface area contributed by atoms with Gasteiger partial charge in [-0.25, -0.2) is 0 Å². The molecule has 0 spiro atoms. The zero-order valence-electron chi connectivity index (χ0n) is 7.63. The van der Waals surface area contributed by atoms with Crippen molar-refractivity contribution in [1.29, 1.82) is 0 Å². The fraction of sp³-hybridized carbons (Fsp3) is 0.400. The normalized spacial score (nSPS) is 25.6. The van der Waals surface area contributed by atoms with E-state index in [1.54, 1.807) is 0 Å². The summed E-state index contributed by atoms with van der Waals surface area (Å²) in [6.07, 6.45) is 2.14. The van der Waals surface area contributed by atoms with Crippen LogP contribution in [0, 0.1) is 0 Å². The van der Waals surface area contributed by atoms with E-state index in [1.807, 2.05) is 12.1 Å². The first kappa shape index (κ1) is 10.5. The Labute approximate surface area is 101 Å². The van der Waals surface area contributed by atoms with Crippen LogP contribution in [0.5, 0.6) is 0 Å². The summed E-state index contributed by atoms with van der Waals surface area (Å²) in [6, 6.07) is 7.08. The van der Waals surface area contributed by atoms with Gasteiger partial charge in [-0.15, -0.1) is 0 Å². The molecule has 1 aromatic rings. The first-order valence-electron chi connectivity index (χ1n) is 4.62. The Morgan fingerprint density at radius 3 is 2.57 bits per heavy atom. The molecule has 0 bridgehead atoms. The van der Waals surface area contributed by atoms with Crippen LogP contribution in [0.4, 0.5) is 5.69 Å². The summed E-state index contributed by atoms with van der Waals surface area (Å²) in [5, 5.41) is 3.46. The standard InChI is InChI=1S/C10H12Br2N2/c11-6-1-2-10(9(12)3-6)14-8-4-7(13)5-8/h1-3,7-8,14H,4-5,13H2. The van der Waals surface area contributed by atoms with Crippen molar-refractivity contribution in [2.75, 3.05) is 5.32 Å². The van der Waals surface area contributed by atoms with Gasteiger partial charge in [0.2, 0.25) is 0 Å². The monoisotopic (exact) mass is 318 g/mol. The fourth-order valence-electron chi connectivity index (χ4n) is 1.61. The van der Waals surface area contributed by atoms with Gasteiger partial charge in [-0.05, 0) is 47.0 Å². The second-order valence-electron chi connectivity index (χ2n) is 3.70. The van der Waals surface area contributed by atoms with Crippen LogP contribution in [0.15, 0.2) is 27.1 Å². The van der Waals surface area contributed by atoms with E-state index in [1.165, 1.54) is 0 Å². The highest BCUT2D eigenvalue weighted by Crippen LogP contribution is 2.29. The maximum Gasteiger partial charge on any atom is 0.0487 e. The van der Waals surface area contributed by atoms with E-state index in [-0.39, 0.29) is 0 Å². The summed E-state index contributed by atoms with van der Waals surface area (Å²) in [7, 11) is 0. The summed E-state index contributed by atoms with van der Waals surface area (Å²) in [5.41, 5.74) is 6.87. The Kier molecular flexibility index (Phi) is 3.14. The number of anilines is 1. The van der Waals surface area contributed by atoms with Gasteiger partial charge in [0.25, 0.3) is 0 Å². The lowest BCUT2D eigenvalue weighted by molar-refractivity contribution is 0.373. The van der Waals surface area contributed by atoms with Crippen molar-refractivity contribution in [2.45, 2.75) is 24.9 Å². The minimum atomic E-state index is 0.390. The molecular formula is C10H12Br2N2. The van der Waals surface area contributed by atoms with Gasteiger partial charge in [-0.1, -0.05) is 15.9 Å². The van der Waals surface area contributed by atoms with Crippen molar-refractivity contribution in [3.63, 3.8) is 0 Å². The Morgan fingerprint density at radius 2 is 2.00 bits per heavy atom. The summed E-state index contributed by atoms with van der Waals surface area (Å²) < 4.78 is 2.17. The van der Waals surface area contributed by atoms with E-state index in [4.69, 9.17) is 5.73 Å². The van der Waals surface area contributed by atoms with E-state index in [9.17, 15) is 0 Å². The zero-order chi connectivity index (χ0) is 10.1. The molecule has 76 valence electrons. The Hall–Kier alpha value is -0.0600. The van der Waals surface area contributed by atoms with Crippen LogP contribution in [0.3, 0.4) is 0 Å². The number of halogens is 2. The molecule has 0 amide bonds. The Balaban J connectivity index is 2.02. The van der Waals surface area contributed by atoms with Crippen molar-refractivity contribution in [3.8, 4) is 0 Å². The molecule has 1 aliphatic carbocycles. The molecule has 0 aromatic heterocycles. The van der Waals surface area contributed by atoms with Crippen LogP contribution in [0.2, 0.25) is 0 Å². The smallest absolute Gasteiger partial charge is 0.0487 e. The second kappa shape index (κ2) is 4.21. The molecule has 2 rings (SSSR count). The van der Waals surface area contributed by atoms with Crippen molar-refractivity contribution < 1.29 is 0 Å². The van der Waals surface area contributed by atoms with Crippen LogP contribution < -0.4 is 11.1 Å². The SMILES string of the molecule is NC1CC(Nc2ccc(Br)cc2Br)C1. The number of nitrogens with two attached hydrogens (primary N) is 1. The van der Waals surface area contributed by atoms with E-state index in [0.717, 1.165) is 27.5 Å². The molecule has 0 radical (unpaired) electrons. The third kappa shape index (κ3) is 2.30. The summed E-state index contributed by atoms with van der Waals surface area (Å²) >= 11 is 6.95. The molecule has 1 fully saturated rings. The first-order valence-corrected chi connectivity index (χ1v) is 6.21. The average Bonchev–Trinajstić information content (AvgIpc) is 2.06. The minimum Gasteiger partial charge on any atom is -0.381 e. The maximum absolute atomic E-state index is 5.73. The maximum atomic E-state index is 5.73. The van der Waals surface area contributed by atoms with Gasteiger partial charge in [0.15, 0.2) is 0 Å². The molecule has 4 heteroatoms. The lowest BCUT2D eigenvalue weighted by Crippen LogP contribution is -2.44. The molecular weight excluding hydrogens is 308 g/mol. The molecule has 1 aliphatic rings. The van der Waals surface area contributed by atoms with E-state index < -0.39 is 0 Å². The van der Waals surface area contributed by atoms with E-state index in [0.29, 0.717) is 12.1 Å². The van der Waals surface area contributed by atoms with Gasteiger partial charge in [-0.3, -0.25) is 0 Å². The largest absolute Gasteiger partial charge is 0.381 e. The van der Waals surface area contributed by atoms with Gasteiger partial charge >= 0.3 is 0 Å². The third-order valence-corrected chi connectivity index (χ3v) is 3.61. The number of benzene rings is 1. The molecule has 14 heavy (non-hydrogen) atoms. The molecule has 0 saturated heterocycles. The number of rotatable bonds is 2. The van der Waals surface area contributed by atoms with Crippen LogP contribution in [-0.4, -0.2) is 12.1 Å². The van der Waals surface area contributed by atoms with Crippen LogP contribution in [0.25, 0.3) is 0 Å². The van der Waals surface area contributed by atoms with Crippen molar-refractivity contribution in [3.05, 3.63) is 27.1 Å². The highest BCUT2D eigenvalue weighted by molar-refractivity contribution is 9.11.